The molecule has 2 heterocycles. The second-order valence-corrected chi connectivity index (χ2v) is 8.33. The van der Waals surface area contributed by atoms with E-state index in [-0.39, 0.29) is 11.9 Å². The van der Waals surface area contributed by atoms with Gasteiger partial charge in [-0.1, -0.05) is 97.1 Å². The van der Waals surface area contributed by atoms with Crippen molar-refractivity contribution in [1.82, 2.24) is 9.88 Å². The van der Waals surface area contributed by atoms with E-state index in [2.05, 4.69) is 29.2 Å². The van der Waals surface area contributed by atoms with Crippen molar-refractivity contribution in [2.45, 2.75) is 12.3 Å². The van der Waals surface area contributed by atoms with E-state index in [1.165, 1.54) is 0 Å². The number of rotatable bonds is 3. The minimum atomic E-state index is -0.612. The van der Waals surface area contributed by atoms with Crippen LogP contribution in [0.25, 0.3) is 10.9 Å². The van der Waals surface area contributed by atoms with Crippen molar-refractivity contribution in [3.63, 3.8) is 0 Å². The first kappa shape index (κ1) is 20.2. The van der Waals surface area contributed by atoms with Crippen LogP contribution in [-0.4, -0.2) is 15.8 Å². The Kier molecular flexibility index (Phi) is 5.04. The zero-order valence-corrected chi connectivity index (χ0v) is 18.4. The van der Waals surface area contributed by atoms with E-state index in [9.17, 15) is 4.79 Å². The highest BCUT2D eigenvalue weighted by Gasteiger charge is 2.41. The molecule has 5 aromatic rings. The summed E-state index contributed by atoms with van der Waals surface area (Å²) in [7, 11) is 0. The Morgan fingerprint density at radius 1 is 0.706 bits per heavy atom. The third-order valence-corrected chi connectivity index (χ3v) is 6.27. The predicted molar refractivity (Wildman–Crippen MR) is 132 cm³/mol. The smallest absolute Gasteiger partial charge is 0.257 e. The van der Waals surface area contributed by atoms with E-state index in [0.717, 1.165) is 33.3 Å². The quantitative estimate of drug-likeness (QED) is 0.318. The molecule has 164 valence electrons. The van der Waals surface area contributed by atoms with Crippen LogP contribution >= 0.6 is 0 Å². The van der Waals surface area contributed by atoms with Gasteiger partial charge in [-0.3, -0.25) is 14.7 Å². The predicted octanol–water partition coefficient (Wildman–Crippen LogP) is 6.56. The van der Waals surface area contributed by atoms with E-state index in [1.807, 2.05) is 95.9 Å². The van der Waals surface area contributed by atoms with Crippen molar-refractivity contribution in [1.29, 1.82) is 0 Å². The fraction of sp³-hybridized carbons (Fsp3) is 0.0667. The summed E-state index contributed by atoms with van der Waals surface area (Å²) in [5, 5.41) is 1.00. The maximum atomic E-state index is 14.1. The maximum Gasteiger partial charge on any atom is 0.257 e. The van der Waals surface area contributed by atoms with Crippen LogP contribution < -0.4 is 4.74 Å². The van der Waals surface area contributed by atoms with E-state index in [0.29, 0.717) is 5.56 Å². The van der Waals surface area contributed by atoms with Gasteiger partial charge in [-0.15, -0.1) is 0 Å². The number of hydrogen-bond acceptors (Lipinski definition) is 3. The van der Waals surface area contributed by atoms with Crippen LogP contribution in [0.2, 0.25) is 0 Å². The van der Waals surface area contributed by atoms with Crippen molar-refractivity contribution >= 4 is 16.8 Å². The van der Waals surface area contributed by atoms with E-state index >= 15 is 0 Å². The molecule has 1 aliphatic rings. The second-order valence-electron chi connectivity index (χ2n) is 8.33. The molecule has 4 heteroatoms. The Balaban J connectivity index is 1.63. The highest BCUT2D eigenvalue weighted by molar-refractivity contribution is 5.96. The number of nitrogens with zero attached hydrogens (tertiary/aromatic N) is 2. The fourth-order valence-electron chi connectivity index (χ4n) is 4.70. The normalized spacial score (nSPS) is 17.1. The zero-order chi connectivity index (χ0) is 22.9. The summed E-state index contributed by atoms with van der Waals surface area (Å²) in [6, 6.07) is 37.2. The third-order valence-electron chi connectivity index (χ3n) is 6.27. The van der Waals surface area contributed by atoms with Gasteiger partial charge in [0.2, 0.25) is 6.23 Å². The summed E-state index contributed by atoms with van der Waals surface area (Å²) < 4.78 is 6.68. The minimum absolute atomic E-state index is 0.0879. The van der Waals surface area contributed by atoms with Gasteiger partial charge in [0.25, 0.3) is 5.91 Å². The largest absolute Gasteiger partial charge is 0.463 e. The van der Waals surface area contributed by atoms with Crippen LogP contribution in [0.4, 0.5) is 0 Å². The minimum Gasteiger partial charge on any atom is -0.463 e. The molecule has 4 nitrogen and oxygen atoms in total. The van der Waals surface area contributed by atoms with Gasteiger partial charge in [-0.25, -0.2) is 0 Å². The Morgan fingerprint density at radius 3 is 2.06 bits per heavy atom. The summed E-state index contributed by atoms with van der Waals surface area (Å²) in [5.74, 6) is 0.632. The lowest BCUT2D eigenvalue weighted by Gasteiger charge is -2.43. The van der Waals surface area contributed by atoms with Crippen molar-refractivity contribution < 1.29 is 9.53 Å². The van der Waals surface area contributed by atoms with Gasteiger partial charge >= 0.3 is 0 Å². The van der Waals surface area contributed by atoms with Gasteiger partial charge in [0.05, 0.1) is 6.04 Å². The molecule has 0 aliphatic carbocycles. The standard InChI is InChI=1S/C30H22N2O2/c33-29(23-13-6-2-7-14-23)32-27(22-11-4-1-5-12-22)25-19-18-21-17-10-20-31-26(21)28(25)34-30(32)24-15-8-3-9-16-24/h1-20,27,30H/t27-,30-/m0/s1. The number of pyridine rings is 1. The Morgan fingerprint density at radius 2 is 1.35 bits per heavy atom. The molecule has 1 aliphatic heterocycles. The molecule has 0 N–H and O–H groups in total. The van der Waals surface area contributed by atoms with Crippen molar-refractivity contribution in [2.75, 3.05) is 0 Å². The zero-order valence-electron chi connectivity index (χ0n) is 18.4. The number of carbonyl (C=O) groups is 1. The van der Waals surface area contributed by atoms with Gasteiger partial charge in [0, 0.05) is 28.3 Å². The molecule has 4 aromatic carbocycles. The first-order valence-corrected chi connectivity index (χ1v) is 11.3. The highest BCUT2D eigenvalue weighted by Crippen LogP contribution is 2.48. The number of hydrogen-bond donors (Lipinski definition) is 0. The van der Waals surface area contributed by atoms with E-state index in [1.54, 1.807) is 6.20 Å². The fourth-order valence-corrected chi connectivity index (χ4v) is 4.70. The lowest BCUT2D eigenvalue weighted by molar-refractivity contribution is -0.00733. The lowest BCUT2D eigenvalue weighted by Crippen LogP contribution is -2.44. The number of carbonyl (C=O) groups excluding carboxylic acids is 1. The molecule has 6 rings (SSSR count). The highest BCUT2D eigenvalue weighted by atomic mass is 16.5. The summed E-state index contributed by atoms with van der Waals surface area (Å²) in [5.41, 5.74) is 4.27. The average molecular weight is 443 g/mol. The summed E-state index contributed by atoms with van der Waals surface area (Å²) in [6.07, 6.45) is 1.17. The molecule has 2 atom stereocenters. The molecule has 0 saturated heterocycles. The molecule has 1 amide bonds. The molecular weight excluding hydrogens is 420 g/mol. The average Bonchev–Trinajstić information content (AvgIpc) is 2.93. The molecule has 1 aromatic heterocycles. The van der Waals surface area contributed by atoms with E-state index in [4.69, 9.17) is 4.74 Å². The van der Waals surface area contributed by atoms with Crippen molar-refractivity contribution in [2.24, 2.45) is 0 Å². The number of benzene rings is 4. The van der Waals surface area contributed by atoms with Gasteiger partial charge < -0.3 is 4.74 Å². The van der Waals surface area contributed by atoms with Crippen molar-refractivity contribution in [3.8, 4) is 5.75 Å². The monoisotopic (exact) mass is 442 g/mol. The lowest BCUT2D eigenvalue weighted by atomic mass is 9.91. The van der Waals surface area contributed by atoms with Gasteiger partial charge in [-0.05, 0) is 23.8 Å². The molecule has 0 bridgehead atoms. The van der Waals surface area contributed by atoms with Crippen LogP contribution in [0.15, 0.2) is 121 Å². The van der Waals surface area contributed by atoms with Crippen molar-refractivity contribution in [3.05, 3.63) is 144 Å². The molecule has 0 radical (unpaired) electrons. The number of ether oxygens (including phenoxy) is 1. The van der Waals surface area contributed by atoms with Gasteiger partial charge in [0.1, 0.15) is 5.52 Å². The molecule has 0 unspecified atom stereocenters. The Hall–Kier alpha value is -4.44. The summed E-state index contributed by atoms with van der Waals surface area (Å²) in [4.78, 5) is 20.6. The van der Waals surface area contributed by atoms with Gasteiger partial charge in [-0.2, -0.15) is 0 Å². The first-order chi connectivity index (χ1) is 16.8. The maximum absolute atomic E-state index is 14.1. The van der Waals surface area contributed by atoms with Crippen LogP contribution in [0, 0.1) is 0 Å². The van der Waals surface area contributed by atoms with Crippen LogP contribution in [-0.2, 0) is 0 Å². The van der Waals surface area contributed by atoms with Crippen LogP contribution in [0.3, 0.4) is 0 Å². The topological polar surface area (TPSA) is 42.4 Å². The third kappa shape index (κ3) is 3.41. The SMILES string of the molecule is O=C(c1ccccc1)N1[C@@H](c2ccccc2)c2ccc3cccnc3c2O[C@H]1c1ccccc1. The number of aromatic nitrogens is 1. The molecule has 34 heavy (non-hydrogen) atoms. The molecular formula is C30H22N2O2. The van der Waals surface area contributed by atoms with Crippen LogP contribution in [0.5, 0.6) is 5.75 Å². The second kappa shape index (κ2) is 8.49. The Bertz CT molecular complexity index is 1450. The Labute approximate surface area is 198 Å². The van der Waals surface area contributed by atoms with Crippen LogP contribution in [0.1, 0.15) is 39.3 Å². The molecule has 0 fully saturated rings. The summed E-state index contributed by atoms with van der Waals surface area (Å²) >= 11 is 0. The summed E-state index contributed by atoms with van der Waals surface area (Å²) in [6.45, 7) is 0. The number of amides is 1. The molecule has 0 spiro atoms. The van der Waals surface area contributed by atoms with Gasteiger partial charge in [0.15, 0.2) is 5.75 Å². The molecule has 0 saturated carbocycles. The first-order valence-electron chi connectivity index (χ1n) is 11.3. The number of fused-ring (bicyclic) bond motifs is 3. The van der Waals surface area contributed by atoms with E-state index < -0.39 is 6.23 Å².